The highest BCUT2D eigenvalue weighted by Gasteiger charge is 2.25. The summed E-state index contributed by atoms with van der Waals surface area (Å²) >= 11 is 1.56. The van der Waals surface area contributed by atoms with Gasteiger partial charge in [-0.3, -0.25) is 4.79 Å². The summed E-state index contributed by atoms with van der Waals surface area (Å²) in [6, 6.07) is 2.09. The highest BCUT2D eigenvalue weighted by Crippen LogP contribution is 2.20. The van der Waals surface area contributed by atoms with Gasteiger partial charge in [0.15, 0.2) is 0 Å². The van der Waals surface area contributed by atoms with Crippen LogP contribution < -0.4 is 5.32 Å². The maximum atomic E-state index is 12.1. The van der Waals surface area contributed by atoms with Gasteiger partial charge in [0.25, 0.3) is 5.91 Å². The normalized spacial score (nSPS) is 21.6. The third-order valence-electron chi connectivity index (χ3n) is 4.00. The van der Waals surface area contributed by atoms with E-state index in [0.29, 0.717) is 5.92 Å². The number of thiophene rings is 1. The van der Waals surface area contributed by atoms with Crippen molar-refractivity contribution < 1.29 is 9.53 Å². The van der Waals surface area contributed by atoms with Crippen LogP contribution in [0.2, 0.25) is 0 Å². The van der Waals surface area contributed by atoms with Crippen molar-refractivity contribution in [2.75, 3.05) is 33.4 Å². The molecule has 2 atom stereocenters. The molecule has 1 aliphatic rings. The molecule has 0 spiro atoms. The van der Waals surface area contributed by atoms with Crippen LogP contribution in [0.1, 0.15) is 30.1 Å². The first-order chi connectivity index (χ1) is 9.70. The van der Waals surface area contributed by atoms with Crippen molar-refractivity contribution in [2.45, 2.75) is 25.8 Å². The first-order valence-electron chi connectivity index (χ1n) is 7.25. The topological polar surface area (TPSA) is 41.6 Å². The molecule has 1 aromatic rings. The molecule has 1 N–H and O–H groups in total. The monoisotopic (exact) mass is 296 g/mol. The Balaban J connectivity index is 1.82. The highest BCUT2D eigenvalue weighted by atomic mass is 32.1. The summed E-state index contributed by atoms with van der Waals surface area (Å²) in [6.45, 7) is 6.08. The molecule has 0 radical (unpaired) electrons. The molecule has 2 heterocycles. The number of likely N-dealkylation sites (tertiary alicyclic amines) is 1. The maximum Gasteiger partial charge on any atom is 0.252 e. The zero-order valence-electron chi connectivity index (χ0n) is 12.3. The molecule has 0 aromatic carbocycles. The Labute approximate surface area is 125 Å². The summed E-state index contributed by atoms with van der Waals surface area (Å²) in [5.41, 5.74) is 0.772. The predicted molar refractivity (Wildman–Crippen MR) is 82.3 cm³/mol. The predicted octanol–water partition coefficient (Wildman–Crippen LogP) is 2.22. The van der Waals surface area contributed by atoms with E-state index < -0.39 is 0 Å². The van der Waals surface area contributed by atoms with Crippen LogP contribution >= 0.6 is 11.3 Å². The molecule has 1 fully saturated rings. The maximum absolute atomic E-state index is 12.1. The minimum atomic E-state index is 0.0489. The van der Waals surface area contributed by atoms with Crippen LogP contribution in [0.15, 0.2) is 16.8 Å². The number of nitrogens with one attached hydrogen (secondary N) is 1. The van der Waals surface area contributed by atoms with Crippen molar-refractivity contribution in [3.63, 3.8) is 0 Å². The summed E-state index contributed by atoms with van der Waals surface area (Å²) in [5.74, 6) is 0.580. The van der Waals surface area contributed by atoms with Gasteiger partial charge in [0, 0.05) is 37.2 Å². The quantitative estimate of drug-likeness (QED) is 0.875. The van der Waals surface area contributed by atoms with Crippen LogP contribution in [-0.2, 0) is 4.74 Å². The first-order valence-corrected chi connectivity index (χ1v) is 8.19. The van der Waals surface area contributed by atoms with Crippen LogP contribution in [-0.4, -0.2) is 50.2 Å². The molecule has 5 heteroatoms. The SMILES string of the molecule is COCCN1CCC[C@H]([C@H](C)NC(=O)c2ccsc2)C1. The van der Waals surface area contributed by atoms with Gasteiger partial charge in [-0.25, -0.2) is 0 Å². The van der Waals surface area contributed by atoms with E-state index in [0.717, 1.165) is 31.8 Å². The summed E-state index contributed by atoms with van der Waals surface area (Å²) in [4.78, 5) is 14.5. The number of carbonyl (C=O) groups excluding carboxylic acids is 1. The van der Waals surface area contributed by atoms with Crippen LogP contribution in [0.5, 0.6) is 0 Å². The smallest absolute Gasteiger partial charge is 0.252 e. The van der Waals surface area contributed by atoms with Crippen molar-refractivity contribution in [3.05, 3.63) is 22.4 Å². The Bertz CT molecular complexity index is 408. The van der Waals surface area contributed by atoms with Gasteiger partial charge in [-0.1, -0.05) is 0 Å². The third-order valence-corrected chi connectivity index (χ3v) is 4.69. The van der Waals surface area contributed by atoms with Crippen molar-refractivity contribution >= 4 is 17.2 Å². The van der Waals surface area contributed by atoms with Gasteiger partial charge in [0.1, 0.15) is 0 Å². The fraction of sp³-hybridized carbons (Fsp3) is 0.667. The first kappa shape index (κ1) is 15.5. The van der Waals surface area contributed by atoms with Gasteiger partial charge in [0.05, 0.1) is 6.61 Å². The Hall–Kier alpha value is -0.910. The number of methoxy groups -OCH3 is 1. The van der Waals surface area contributed by atoms with E-state index in [2.05, 4.69) is 17.1 Å². The molecule has 20 heavy (non-hydrogen) atoms. The largest absolute Gasteiger partial charge is 0.383 e. The van der Waals surface area contributed by atoms with Crippen molar-refractivity contribution in [3.8, 4) is 0 Å². The van der Waals surface area contributed by atoms with E-state index in [4.69, 9.17) is 4.74 Å². The molecular weight excluding hydrogens is 272 g/mol. The number of nitrogens with zero attached hydrogens (tertiary/aromatic N) is 1. The zero-order chi connectivity index (χ0) is 14.4. The molecule has 1 saturated heterocycles. The molecule has 0 saturated carbocycles. The van der Waals surface area contributed by atoms with Gasteiger partial charge in [0.2, 0.25) is 0 Å². The van der Waals surface area contributed by atoms with Crippen molar-refractivity contribution in [1.82, 2.24) is 10.2 Å². The number of carbonyl (C=O) groups is 1. The second kappa shape index (κ2) is 7.76. The Morgan fingerprint density at radius 2 is 2.50 bits per heavy atom. The summed E-state index contributed by atoms with van der Waals surface area (Å²) in [5, 5.41) is 6.97. The number of hydrogen-bond acceptors (Lipinski definition) is 4. The number of rotatable bonds is 6. The van der Waals surface area contributed by atoms with Gasteiger partial charge in [-0.2, -0.15) is 11.3 Å². The van der Waals surface area contributed by atoms with E-state index in [9.17, 15) is 4.79 Å². The van der Waals surface area contributed by atoms with Crippen LogP contribution in [0.4, 0.5) is 0 Å². The number of hydrogen-bond donors (Lipinski definition) is 1. The van der Waals surface area contributed by atoms with Crippen molar-refractivity contribution in [1.29, 1.82) is 0 Å². The molecule has 0 bridgehead atoms. The van der Waals surface area contributed by atoms with Gasteiger partial charge in [-0.15, -0.1) is 0 Å². The standard InChI is InChI=1S/C15H24N2O2S/c1-12(16-15(18)14-5-9-20-11-14)13-4-3-6-17(10-13)7-8-19-2/h5,9,11-13H,3-4,6-8,10H2,1-2H3,(H,16,18)/t12-,13-/m0/s1. The molecule has 1 amide bonds. The average molecular weight is 296 g/mol. The lowest BCUT2D eigenvalue weighted by atomic mass is 9.91. The fourth-order valence-corrected chi connectivity index (χ4v) is 3.36. The minimum Gasteiger partial charge on any atom is -0.383 e. The lowest BCUT2D eigenvalue weighted by Crippen LogP contribution is -2.46. The Morgan fingerprint density at radius 3 is 3.20 bits per heavy atom. The molecule has 112 valence electrons. The molecular formula is C15H24N2O2S. The molecule has 1 aliphatic heterocycles. The lowest BCUT2D eigenvalue weighted by molar-refractivity contribution is 0.0855. The van der Waals surface area contributed by atoms with E-state index >= 15 is 0 Å². The number of piperidine rings is 1. The molecule has 0 unspecified atom stereocenters. The number of amides is 1. The second-order valence-corrected chi connectivity index (χ2v) is 6.25. The molecule has 1 aromatic heterocycles. The van der Waals surface area contributed by atoms with Crippen LogP contribution in [0, 0.1) is 5.92 Å². The van der Waals surface area contributed by atoms with E-state index in [1.807, 2.05) is 16.8 Å². The fourth-order valence-electron chi connectivity index (χ4n) is 2.72. The second-order valence-electron chi connectivity index (χ2n) is 5.47. The van der Waals surface area contributed by atoms with E-state index in [1.54, 1.807) is 18.4 Å². The van der Waals surface area contributed by atoms with Gasteiger partial charge in [-0.05, 0) is 43.7 Å². The zero-order valence-corrected chi connectivity index (χ0v) is 13.1. The Morgan fingerprint density at radius 1 is 1.65 bits per heavy atom. The summed E-state index contributed by atoms with van der Waals surface area (Å²) < 4.78 is 5.14. The van der Waals surface area contributed by atoms with Gasteiger partial charge < -0.3 is 15.0 Å². The third kappa shape index (κ3) is 4.30. The summed E-state index contributed by atoms with van der Waals surface area (Å²) in [7, 11) is 1.74. The molecule has 2 rings (SSSR count). The Kier molecular flexibility index (Phi) is 6.01. The van der Waals surface area contributed by atoms with Crippen LogP contribution in [0.25, 0.3) is 0 Å². The van der Waals surface area contributed by atoms with Crippen LogP contribution in [0.3, 0.4) is 0 Å². The molecule has 0 aliphatic carbocycles. The average Bonchev–Trinajstić information content (AvgIpc) is 2.99. The summed E-state index contributed by atoms with van der Waals surface area (Å²) in [6.07, 6.45) is 2.39. The lowest BCUT2D eigenvalue weighted by Gasteiger charge is -2.35. The number of ether oxygens (including phenoxy) is 1. The van der Waals surface area contributed by atoms with E-state index in [1.165, 1.54) is 12.8 Å². The van der Waals surface area contributed by atoms with E-state index in [-0.39, 0.29) is 11.9 Å². The van der Waals surface area contributed by atoms with Crippen molar-refractivity contribution in [2.24, 2.45) is 5.92 Å². The highest BCUT2D eigenvalue weighted by molar-refractivity contribution is 7.08. The van der Waals surface area contributed by atoms with Gasteiger partial charge >= 0.3 is 0 Å². The molecule has 4 nitrogen and oxygen atoms in total. The minimum absolute atomic E-state index is 0.0489.